The first-order chi connectivity index (χ1) is 9.62. The molecule has 0 N–H and O–H groups in total. The lowest BCUT2D eigenvalue weighted by molar-refractivity contribution is -0.567. The molecule has 2 nitrogen and oxygen atoms in total. The molecule has 0 amide bonds. The number of hydrogen-bond donors (Lipinski definition) is 1. The molecule has 0 aliphatic rings. The average Bonchev–Trinajstić information content (AvgIpc) is 2.47. The summed E-state index contributed by atoms with van der Waals surface area (Å²) in [5.41, 5.74) is 2.51. The zero-order valence-electron chi connectivity index (χ0n) is 12.5. The summed E-state index contributed by atoms with van der Waals surface area (Å²) in [5, 5.41) is 0. The fourth-order valence-electron chi connectivity index (χ4n) is 2.05. The van der Waals surface area contributed by atoms with Crippen LogP contribution in [-0.4, -0.2) is 26.4 Å². The van der Waals surface area contributed by atoms with Crippen LogP contribution in [-0.2, 0) is 0 Å². The second-order valence-electron chi connectivity index (χ2n) is 5.36. The van der Waals surface area contributed by atoms with Crippen molar-refractivity contribution in [3.63, 3.8) is 0 Å². The molecule has 0 fully saturated rings. The zero-order valence-corrected chi connectivity index (χ0v) is 14.2. The summed E-state index contributed by atoms with van der Waals surface area (Å²) >= 11 is 4.33. The smallest absolute Gasteiger partial charge is 0.175 e. The topological polar surface area (TPSA) is 3.88 Å². The molecular formula is C17H23ClN2S+2. The molecule has 0 saturated carbocycles. The predicted molar refractivity (Wildman–Crippen MR) is 97.9 cm³/mol. The maximum atomic E-state index is 4.33. The van der Waals surface area contributed by atoms with E-state index in [4.69, 9.17) is 0 Å². The molecule has 112 valence electrons. The van der Waals surface area contributed by atoms with E-state index in [-0.39, 0.29) is 12.4 Å². The highest BCUT2D eigenvalue weighted by molar-refractivity contribution is 7.80. The molecule has 1 aromatic heterocycles. The Morgan fingerprint density at radius 3 is 2.24 bits per heavy atom. The zero-order chi connectivity index (χ0) is 14.4. The predicted octanol–water partition coefficient (Wildman–Crippen LogP) is 3.52. The van der Waals surface area contributed by atoms with E-state index in [1.165, 1.54) is 11.3 Å². The average molecular weight is 323 g/mol. The number of halogens is 1. The minimum absolute atomic E-state index is 0. The summed E-state index contributed by atoms with van der Waals surface area (Å²) in [4.78, 5) is 0. The van der Waals surface area contributed by atoms with E-state index in [1.807, 2.05) is 35.2 Å². The third-order valence-corrected chi connectivity index (χ3v) is 3.63. The third kappa shape index (κ3) is 5.20. The van der Waals surface area contributed by atoms with Gasteiger partial charge in [-0.25, -0.2) is 0 Å². The molecular weight excluding hydrogens is 300 g/mol. The first-order valence-electron chi connectivity index (χ1n) is 6.80. The molecule has 0 spiro atoms. The molecule has 2 aromatic rings. The molecule has 0 aliphatic carbocycles. The molecule has 4 heteroatoms. The Bertz CT molecular complexity index is 565. The molecule has 2 rings (SSSR count). The summed E-state index contributed by atoms with van der Waals surface area (Å²) in [6.45, 7) is 1.03. The van der Waals surface area contributed by atoms with Crippen molar-refractivity contribution in [1.82, 2.24) is 4.48 Å². The van der Waals surface area contributed by atoms with Crippen LogP contribution in [0.4, 0.5) is 5.69 Å². The van der Waals surface area contributed by atoms with Crippen LogP contribution in [0.1, 0.15) is 5.56 Å². The lowest BCUT2D eigenvalue weighted by Crippen LogP contribution is -2.42. The fraction of sp³-hybridized carbons (Fsp3) is 0.235. The van der Waals surface area contributed by atoms with Gasteiger partial charge in [-0.1, -0.05) is 6.07 Å². The Labute approximate surface area is 139 Å². The van der Waals surface area contributed by atoms with Gasteiger partial charge in [0.05, 0.1) is 20.6 Å². The van der Waals surface area contributed by atoms with Crippen molar-refractivity contribution in [3.05, 3.63) is 60.4 Å². The fourth-order valence-corrected chi connectivity index (χ4v) is 2.55. The van der Waals surface area contributed by atoms with E-state index in [0.29, 0.717) is 0 Å². The number of thiol groups is 1. The third-order valence-electron chi connectivity index (χ3n) is 3.43. The summed E-state index contributed by atoms with van der Waals surface area (Å²) in [5.74, 6) is 0.888. The minimum Gasteiger partial charge on any atom is -0.295 e. The second-order valence-corrected chi connectivity index (χ2v) is 5.81. The summed E-state index contributed by atoms with van der Waals surface area (Å²) in [6, 6.07) is 14.8. The molecule has 0 bridgehead atoms. The lowest BCUT2D eigenvalue weighted by atomic mass is 10.2. The van der Waals surface area contributed by atoms with Crippen LogP contribution in [0.25, 0.3) is 12.3 Å². The number of quaternary nitrogens is 1. The maximum Gasteiger partial charge on any atom is 0.175 e. The van der Waals surface area contributed by atoms with Gasteiger partial charge in [-0.3, -0.25) is 4.48 Å². The van der Waals surface area contributed by atoms with Gasteiger partial charge in [0.15, 0.2) is 18.6 Å². The molecule has 21 heavy (non-hydrogen) atoms. The van der Waals surface area contributed by atoms with Crippen LogP contribution >= 0.6 is 25.0 Å². The molecule has 0 saturated heterocycles. The van der Waals surface area contributed by atoms with E-state index >= 15 is 0 Å². The molecule has 0 atom stereocenters. The number of benzene rings is 1. The van der Waals surface area contributed by atoms with Crippen molar-refractivity contribution in [3.8, 4) is 0 Å². The van der Waals surface area contributed by atoms with Gasteiger partial charge in [-0.15, -0.1) is 12.4 Å². The highest BCUT2D eigenvalue weighted by Gasteiger charge is 2.16. The van der Waals surface area contributed by atoms with Gasteiger partial charge >= 0.3 is 0 Å². The van der Waals surface area contributed by atoms with Crippen LogP contribution < -0.4 is 9.05 Å². The van der Waals surface area contributed by atoms with Gasteiger partial charge in [0.25, 0.3) is 0 Å². The Kier molecular flexibility index (Phi) is 6.96. The van der Waals surface area contributed by atoms with E-state index < -0.39 is 0 Å². The van der Waals surface area contributed by atoms with E-state index in [0.717, 1.165) is 16.8 Å². The van der Waals surface area contributed by atoms with Crippen molar-refractivity contribution in [2.75, 3.05) is 26.4 Å². The van der Waals surface area contributed by atoms with Crippen molar-refractivity contribution in [1.29, 1.82) is 0 Å². The highest BCUT2D eigenvalue weighted by Crippen LogP contribution is 2.19. The van der Waals surface area contributed by atoms with Crippen molar-refractivity contribution in [2.45, 2.75) is 0 Å². The summed E-state index contributed by atoms with van der Waals surface area (Å²) < 4.78 is 2.90. The van der Waals surface area contributed by atoms with Gasteiger partial charge < -0.3 is 0 Å². The highest BCUT2D eigenvalue weighted by atomic mass is 35.5. The van der Waals surface area contributed by atoms with Gasteiger partial charge in [-0.05, 0) is 29.8 Å². The SMILES string of the molecule is C[N+](C)(CCS)c1ccc(C=C[n+]2ccccc2)cc1.Cl. The summed E-state index contributed by atoms with van der Waals surface area (Å²) in [6.07, 6.45) is 8.22. The van der Waals surface area contributed by atoms with Crippen molar-refractivity contribution in [2.24, 2.45) is 0 Å². The monoisotopic (exact) mass is 322 g/mol. The number of nitrogens with zero attached hydrogens (tertiary/aromatic N) is 2. The van der Waals surface area contributed by atoms with Crippen LogP contribution in [0.15, 0.2) is 54.9 Å². The molecule has 1 heterocycles. The number of pyridine rings is 1. The van der Waals surface area contributed by atoms with E-state index in [1.54, 1.807) is 0 Å². The van der Waals surface area contributed by atoms with E-state index in [9.17, 15) is 0 Å². The van der Waals surface area contributed by atoms with Gasteiger partial charge in [-0.2, -0.15) is 17.2 Å². The van der Waals surface area contributed by atoms with Crippen molar-refractivity contribution < 1.29 is 4.57 Å². The number of hydrogen-bond acceptors (Lipinski definition) is 1. The standard InChI is InChI=1S/C17H21N2S.ClH/c1-19(2,14-15-20)17-8-6-16(7-9-17)10-13-18-11-4-3-5-12-18;/h3-13H,14-15H2,1-2H3;1H/q+1;/p+1. The van der Waals surface area contributed by atoms with Crippen LogP contribution in [0.3, 0.4) is 0 Å². The maximum absolute atomic E-state index is 4.33. The Morgan fingerprint density at radius 1 is 1.05 bits per heavy atom. The minimum atomic E-state index is 0. The van der Waals surface area contributed by atoms with Gasteiger partial charge in [0.1, 0.15) is 5.69 Å². The Morgan fingerprint density at radius 2 is 1.67 bits per heavy atom. The molecule has 0 unspecified atom stereocenters. The van der Waals surface area contributed by atoms with Crippen LogP contribution in [0.2, 0.25) is 0 Å². The lowest BCUT2D eigenvalue weighted by Gasteiger charge is -2.28. The quantitative estimate of drug-likeness (QED) is 0.488. The normalized spacial score (nSPS) is 11.4. The van der Waals surface area contributed by atoms with Gasteiger partial charge in [0, 0.05) is 24.0 Å². The first kappa shape index (κ1) is 17.8. The molecule has 0 radical (unpaired) electrons. The number of aromatic nitrogens is 1. The Balaban J connectivity index is 0.00000220. The van der Waals surface area contributed by atoms with Crippen molar-refractivity contribution >= 4 is 43.0 Å². The largest absolute Gasteiger partial charge is 0.295 e. The molecule has 1 aromatic carbocycles. The van der Waals surface area contributed by atoms with Crippen LogP contribution in [0.5, 0.6) is 0 Å². The second kappa shape index (κ2) is 8.23. The Hall–Kier alpha value is -1.29. The summed E-state index contributed by atoms with van der Waals surface area (Å²) in [7, 11) is 4.42. The van der Waals surface area contributed by atoms with Crippen LogP contribution in [0, 0.1) is 0 Å². The molecule has 0 aliphatic heterocycles. The van der Waals surface area contributed by atoms with Gasteiger partial charge in [0.2, 0.25) is 0 Å². The number of rotatable bonds is 5. The van der Waals surface area contributed by atoms with E-state index in [2.05, 4.69) is 63.3 Å². The first-order valence-corrected chi connectivity index (χ1v) is 7.43.